The molecule has 158 valence electrons. The van der Waals surface area contributed by atoms with Crippen molar-refractivity contribution in [3.63, 3.8) is 0 Å². The summed E-state index contributed by atoms with van der Waals surface area (Å²) >= 11 is 0. The van der Waals surface area contributed by atoms with Gasteiger partial charge in [0.2, 0.25) is 0 Å². The van der Waals surface area contributed by atoms with Gasteiger partial charge >= 0.3 is 0 Å². The highest BCUT2D eigenvalue weighted by Crippen LogP contribution is 2.51. The average Bonchev–Trinajstić information content (AvgIpc) is 2.65. The van der Waals surface area contributed by atoms with E-state index in [4.69, 9.17) is 9.73 Å². The predicted molar refractivity (Wildman–Crippen MR) is 125 cm³/mol. The summed E-state index contributed by atoms with van der Waals surface area (Å²) in [5.74, 6) is 0.815. The molecular weight excluding hydrogens is 467 g/mol. The molecule has 1 aromatic carbocycles. The van der Waals surface area contributed by atoms with Crippen LogP contribution in [0.1, 0.15) is 50.0 Å². The number of ether oxygens (including phenoxy) is 1. The summed E-state index contributed by atoms with van der Waals surface area (Å²) in [6, 6.07) is 7.93. The number of aliphatic imine (C=N–C) groups is 1. The van der Waals surface area contributed by atoms with Crippen molar-refractivity contribution >= 4 is 35.8 Å². The van der Waals surface area contributed by atoms with Gasteiger partial charge in [0.15, 0.2) is 5.96 Å². The van der Waals surface area contributed by atoms with E-state index in [-0.39, 0.29) is 40.9 Å². The van der Waals surface area contributed by atoms with Crippen LogP contribution in [0.25, 0.3) is 0 Å². The van der Waals surface area contributed by atoms with E-state index in [1.54, 1.807) is 26.1 Å². The first-order valence-electron chi connectivity index (χ1n) is 9.55. The van der Waals surface area contributed by atoms with Gasteiger partial charge < -0.3 is 20.3 Å². The second-order valence-corrected chi connectivity index (χ2v) is 8.15. The van der Waals surface area contributed by atoms with Gasteiger partial charge in [-0.15, -0.1) is 24.0 Å². The minimum atomic E-state index is -0.114. The summed E-state index contributed by atoms with van der Waals surface area (Å²) in [7, 11) is 5.29. The van der Waals surface area contributed by atoms with Crippen molar-refractivity contribution in [2.24, 2.45) is 10.4 Å². The SMILES string of the molecule is CCNC(=NCc1ccc(C(=O)N(C)C)cc1)NC1CC(C)(OC)C1(C)C.I. The van der Waals surface area contributed by atoms with E-state index in [0.717, 1.165) is 24.5 Å². The van der Waals surface area contributed by atoms with Crippen LogP contribution in [0.15, 0.2) is 29.3 Å². The lowest BCUT2D eigenvalue weighted by molar-refractivity contribution is -0.176. The van der Waals surface area contributed by atoms with E-state index in [9.17, 15) is 4.79 Å². The monoisotopic (exact) mass is 502 g/mol. The Balaban J connectivity index is 0.00000392. The average molecular weight is 502 g/mol. The molecule has 1 amide bonds. The van der Waals surface area contributed by atoms with Crippen molar-refractivity contribution in [1.29, 1.82) is 0 Å². The minimum absolute atomic E-state index is 0. The van der Waals surface area contributed by atoms with Crippen LogP contribution in [0.2, 0.25) is 0 Å². The maximum atomic E-state index is 12.0. The number of benzene rings is 1. The third kappa shape index (κ3) is 5.17. The summed E-state index contributed by atoms with van der Waals surface area (Å²) in [4.78, 5) is 18.3. The minimum Gasteiger partial charge on any atom is -0.378 e. The molecule has 6 nitrogen and oxygen atoms in total. The largest absolute Gasteiger partial charge is 0.378 e. The van der Waals surface area contributed by atoms with Gasteiger partial charge in [-0.3, -0.25) is 4.79 Å². The van der Waals surface area contributed by atoms with Gasteiger partial charge in [-0.2, -0.15) is 0 Å². The van der Waals surface area contributed by atoms with Gasteiger partial charge in [0, 0.05) is 44.8 Å². The van der Waals surface area contributed by atoms with Crippen molar-refractivity contribution in [1.82, 2.24) is 15.5 Å². The van der Waals surface area contributed by atoms with Crippen molar-refractivity contribution in [3.8, 4) is 0 Å². The number of amides is 1. The fraction of sp³-hybridized carbons (Fsp3) is 0.619. The predicted octanol–water partition coefficient (Wildman–Crippen LogP) is 3.27. The molecule has 2 rings (SSSR count). The number of guanidine groups is 1. The molecule has 1 fully saturated rings. The first kappa shape index (κ1) is 24.7. The Kier molecular flexibility index (Phi) is 8.74. The number of hydrogen-bond donors (Lipinski definition) is 2. The normalized spacial score (nSPS) is 23.2. The molecule has 0 saturated heterocycles. The number of nitrogens with one attached hydrogen (secondary N) is 2. The highest BCUT2D eigenvalue weighted by Gasteiger charge is 2.58. The Hall–Kier alpha value is -1.35. The molecule has 0 bridgehead atoms. The summed E-state index contributed by atoms with van der Waals surface area (Å²) < 4.78 is 5.71. The summed E-state index contributed by atoms with van der Waals surface area (Å²) in [5.41, 5.74) is 1.66. The van der Waals surface area contributed by atoms with Crippen LogP contribution in [0.4, 0.5) is 0 Å². The Morgan fingerprint density at radius 1 is 1.25 bits per heavy atom. The van der Waals surface area contributed by atoms with Crippen molar-refractivity contribution in [3.05, 3.63) is 35.4 Å². The Morgan fingerprint density at radius 3 is 2.32 bits per heavy atom. The van der Waals surface area contributed by atoms with E-state index < -0.39 is 0 Å². The highest BCUT2D eigenvalue weighted by molar-refractivity contribution is 14.0. The lowest BCUT2D eigenvalue weighted by atomic mass is 9.56. The third-order valence-corrected chi connectivity index (χ3v) is 5.96. The van der Waals surface area contributed by atoms with Gasteiger partial charge in [-0.05, 0) is 38.0 Å². The number of nitrogens with zero attached hydrogens (tertiary/aromatic N) is 2. The van der Waals surface area contributed by atoms with Crippen molar-refractivity contribution in [2.45, 2.75) is 52.3 Å². The van der Waals surface area contributed by atoms with Crippen LogP contribution in [0.5, 0.6) is 0 Å². The molecule has 1 aromatic rings. The summed E-state index contributed by atoms with van der Waals surface area (Å²) in [6.07, 6.45) is 0.947. The molecule has 28 heavy (non-hydrogen) atoms. The Bertz CT molecular complexity index is 688. The topological polar surface area (TPSA) is 66.0 Å². The number of carbonyl (C=O) groups excluding carboxylic acids is 1. The first-order chi connectivity index (χ1) is 12.6. The smallest absolute Gasteiger partial charge is 0.253 e. The number of methoxy groups -OCH3 is 1. The maximum absolute atomic E-state index is 12.0. The molecule has 2 unspecified atom stereocenters. The Morgan fingerprint density at radius 2 is 1.86 bits per heavy atom. The van der Waals surface area contributed by atoms with Crippen molar-refractivity contribution in [2.75, 3.05) is 27.7 Å². The number of rotatable bonds is 6. The van der Waals surface area contributed by atoms with Crippen LogP contribution in [-0.2, 0) is 11.3 Å². The molecule has 1 aliphatic carbocycles. The molecule has 2 atom stereocenters. The number of hydrogen-bond acceptors (Lipinski definition) is 3. The molecular formula is C21H35IN4O2. The van der Waals surface area contributed by atoms with Gasteiger partial charge in [0.25, 0.3) is 5.91 Å². The molecule has 0 spiro atoms. The lowest BCUT2D eigenvalue weighted by Gasteiger charge is -2.59. The van der Waals surface area contributed by atoms with E-state index in [2.05, 4.69) is 38.3 Å². The third-order valence-electron chi connectivity index (χ3n) is 5.96. The van der Waals surface area contributed by atoms with Crippen LogP contribution in [-0.4, -0.2) is 56.2 Å². The molecule has 0 heterocycles. The molecule has 0 radical (unpaired) electrons. The van der Waals surface area contributed by atoms with Crippen LogP contribution in [0.3, 0.4) is 0 Å². The van der Waals surface area contributed by atoms with Gasteiger partial charge in [-0.25, -0.2) is 4.99 Å². The summed E-state index contributed by atoms with van der Waals surface area (Å²) in [6.45, 7) is 10.0. The van der Waals surface area contributed by atoms with E-state index in [1.165, 1.54) is 0 Å². The van der Waals surface area contributed by atoms with E-state index in [1.807, 2.05) is 24.3 Å². The zero-order chi connectivity index (χ0) is 20.2. The van der Waals surface area contributed by atoms with E-state index in [0.29, 0.717) is 18.2 Å². The molecule has 1 saturated carbocycles. The van der Waals surface area contributed by atoms with Crippen LogP contribution >= 0.6 is 24.0 Å². The molecule has 0 aliphatic heterocycles. The molecule has 0 aromatic heterocycles. The zero-order valence-corrected chi connectivity index (χ0v) is 20.5. The Labute approximate surface area is 186 Å². The number of carbonyl (C=O) groups is 1. The molecule has 7 heteroatoms. The van der Waals surface area contributed by atoms with Gasteiger partial charge in [0.1, 0.15) is 0 Å². The van der Waals surface area contributed by atoms with Crippen LogP contribution in [0, 0.1) is 5.41 Å². The second kappa shape index (κ2) is 9.91. The summed E-state index contributed by atoms with van der Waals surface area (Å²) in [5, 5.41) is 6.86. The molecule has 2 N–H and O–H groups in total. The fourth-order valence-corrected chi connectivity index (χ4v) is 3.39. The van der Waals surface area contributed by atoms with Gasteiger partial charge in [0.05, 0.1) is 12.1 Å². The highest BCUT2D eigenvalue weighted by atomic mass is 127. The van der Waals surface area contributed by atoms with Crippen molar-refractivity contribution < 1.29 is 9.53 Å². The standard InChI is InChI=1S/C21H34N4O2.HI/c1-8-22-19(24-17-13-21(4,27-7)20(17,2)3)23-14-15-9-11-16(12-10-15)18(26)25(5)6;/h9-12,17H,8,13-14H2,1-7H3,(H2,22,23,24);1H. The first-order valence-corrected chi connectivity index (χ1v) is 9.55. The van der Waals surface area contributed by atoms with E-state index >= 15 is 0 Å². The lowest BCUT2D eigenvalue weighted by Crippen LogP contribution is -2.69. The quantitative estimate of drug-likeness (QED) is 0.356. The zero-order valence-electron chi connectivity index (χ0n) is 18.1. The maximum Gasteiger partial charge on any atom is 0.253 e. The second-order valence-electron chi connectivity index (χ2n) is 8.15. The van der Waals surface area contributed by atoms with Gasteiger partial charge in [-0.1, -0.05) is 26.0 Å². The number of halogens is 1. The fourth-order valence-electron chi connectivity index (χ4n) is 3.39. The molecule has 1 aliphatic rings. The van der Waals surface area contributed by atoms with Crippen LogP contribution < -0.4 is 10.6 Å².